The van der Waals surface area contributed by atoms with Gasteiger partial charge in [0.25, 0.3) is 0 Å². The van der Waals surface area contributed by atoms with Crippen molar-refractivity contribution in [2.75, 3.05) is 31.2 Å². The van der Waals surface area contributed by atoms with Crippen LogP contribution in [0, 0.1) is 5.92 Å². The van der Waals surface area contributed by atoms with Gasteiger partial charge in [0, 0.05) is 37.7 Å². The van der Waals surface area contributed by atoms with Crippen molar-refractivity contribution in [1.29, 1.82) is 0 Å². The number of hydrogen-bond donors (Lipinski definition) is 2. The molecule has 1 aliphatic heterocycles. The van der Waals surface area contributed by atoms with Gasteiger partial charge in [-0.15, -0.1) is 0 Å². The van der Waals surface area contributed by atoms with Crippen molar-refractivity contribution >= 4 is 21.7 Å². The number of sulfonamides is 1. The van der Waals surface area contributed by atoms with Gasteiger partial charge in [-0.1, -0.05) is 12.1 Å². The summed E-state index contributed by atoms with van der Waals surface area (Å²) in [4.78, 5) is 29.9. The summed E-state index contributed by atoms with van der Waals surface area (Å²) < 4.78 is 26.6. The number of hydrogen-bond acceptors (Lipinski definition) is 5. The van der Waals surface area contributed by atoms with Crippen LogP contribution in [0.3, 0.4) is 0 Å². The second kappa shape index (κ2) is 9.19. The molecule has 0 radical (unpaired) electrons. The quantitative estimate of drug-likeness (QED) is 0.728. The Bertz CT molecular complexity index is 1020. The van der Waals surface area contributed by atoms with Gasteiger partial charge in [-0.3, -0.25) is 4.57 Å². The SMILES string of the molecule is CS(=O)(=O)NC[C@@H]1CCCN(C(=O)Nc2cccc(Cn3cccnc3=O)c2)C1. The molecule has 1 aromatic heterocycles. The average Bonchev–Trinajstić information content (AvgIpc) is 2.68. The number of amides is 2. The molecule has 2 N–H and O–H groups in total. The largest absolute Gasteiger partial charge is 0.347 e. The third kappa shape index (κ3) is 6.40. The van der Waals surface area contributed by atoms with E-state index in [9.17, 15) is 18.0 Å². The first kappa shape index (κ1) is 21.0. The number of piperidine rings is 1. The molecule has 0 spiro atoms. The van der Waals surface area contributed by atoms with E-state index in [-0.39, 0.29) is 17.6 Å². The molecular formula is C19H25N5O4S. The Labute approximate surface area is 169 Å². The van der Waals surface area contributed by atoms with Crippen molar-refractivity contribution in [2.45, 2.75) is 19.4 Å². The van der Waals surface area contributed by atoms with E-state index in [2.05, 4.69) is 15.0 Å². The molecule has 2 heterocycles. The maximum Gasteiger partial charge on any atom is 0.347 e. The van der Waals surface area contributed by atoms with E-state index in [0.29, 0.717) is 31.9 Å². The normalized spacial score (nSPS) is 17.1. The fourth-order valence-electron chi connectivity index (χ4n) is 3.34. The minimum absolute atomic E-state index is 0.0908. The van der Waals surface area contributed by atoms with Gasteiger partial charge >= 0.3 is 11.7 Å². The Morgan fingerprint density at radius 1 is 1.31 bits per heavy atom. The first-order valence-electron chi connectivity index (χ1n) is 9.41. The topological polar surface area (TPSA) is 113 Å². The standard InChI is InChI=1S/C19H25N5O4S/c1-29(27,28)21-12-16-6-3-9-24(14-16)19(26)22-17-7-2-5-15(11-17)13-23-10-4-8-20-18(23)25/h2,4-5,7-8,10-11,16,21H,3,6,9,12-14H2,1H3,(H,22,26)/t16-/m0/s1. The number of carbonyl (C=O) groups is 1. The molecular weight excluding hydrogens is 394 g/mol. The third-order valence-corrected chi connectivity index (χ3v) is 5.45. The molecule has 1 saturated heterocycles. The molecule has 156 valence electrons. The number of nitrogens with one attached hydrogen (secondary N) is 2. The molecule has 3 rings (SSSR count). The van der Waals surface area contributed by atoms with Crippen molar-refractivity contribution in [3.63, 3.8) is 0 Å². The molecule has 1 fully saturated rings. The molecule has 10 heteroatoms. The monoisotopic (exact) mass is 419 g/mol. The van der Waals surface area contributed by atoms with Crippen molar-refractivity contribution in [1.82, 2.24) is 19.2 Å². The zero-order valence-corrected chi connectivity index (χ0v) is 17.1. The predicted molar refractivity (Wildman–Crippen MR) is 110 cm³/mol. The second-order valence-corrected chi connectivity index (χ2v) is 9.07. The highest BCUT2D eigenvalue weighted by Gasteiger charge is 2.24. The smallest absolute Gasteiger partial charge is 0.324 e. The van der Waals surface area contributed by atoms with E-state index >= 15 is 0 Å². The van der Waals surface area contributed by atoms with E-state index in [1.807, 2.05) is 18.2 Å². The van der Waals surface area contributed by atoms with Gasteiger partial charge in [-0.25, -0.2) is 27.7 Å². The highest BCUT2D eigenvalue weighted by Crippen LogP contribution is 2.18. The molecule has 1 atom stereocenters. The number of nitrogens with zero attached hydrogens (tertiary/aromatic N) is 3. The Morgan fingerprint density at radius 2 is 2.14 bits per heavy atom. The molecule has 2 amide bonds. The molecule has 9 nitrogen and oxygen atoms in total. The zero-order chi connectivity index (χ0) is 20.9. The Kier molecular flexibility index (Phi) is 6.65. The minimum Gasteiger partial charge on any atom is -0.324 e. The van der Waals surface area contributed by atoms with Crippen LogP contribution in [-0.4, -0.2) is 54.8 Å². The first-order chi connectivity index (χ1) is 13.8. The van der Waals surface area contributed by atoms with Crippen LogP contribution in [-0.2, 0) is 16.6 Å². The number of anilines is 1. The highest BCUT2D eigenvalue weighted by molar-refractivity contribution is 7.88. The fraction of sp³-hybridized carbons (Fsp3) is 0.421. The fourth-order valence-corrected chi connectivity index (χ4v) is 3.88. The van der Waals surface area contributed by atoms with Crippen LogP contribution in [0.4, 0.5) is 10.5 Å². The molecule has 1 aliphatic rings. The van der Waals surface area contributed by atoms with Crippen LogP contribution in [0.15, 0.2) is 47.5 Å². The summed E-state index contributed by atoms with van der Waals surface area (Å²) in [7, 11) is -3.24. The van der Waals surface area contributed by atoms with Gasteiger partial charge in [-0.2, -0.15) is 0 Å². The lowest BCUT2D eigenvalue weighted by Crippen LogP contribution is -2.45. The second-order valence-electron chi connectivity index (χ2n) is 7.24. The molecule has 2 aromatic rings. The zero-order valence-electron chi connectivity index (χ0n) is 16.2. The summed E-state index contributed by atoms with van der Waals surface area (Å²) in [6.07, 6.45) is 5.95. The number of benzene rings is 1. The lowest BCUT2D eigenvalue weighted by molar-refractivity contribution is 0.178. The van der Waals surface area contributed by atoms with Gasteiger partial charge in [0.05, 0.1) is 12.8 Å². The van der Waals surface area contributed by atoms with Crippen LogP contribution in [0.25, 0.3) is 0 Å². The van der Waals surface area contributed by atoms with Crippen molar-refractivity contribution in [3.05, 3.63) is 58.8 Å². The van der Waals surface area contributed by atoms with Gasteiger partial charge < -0.3 is 10.2 Å². The van der Waals surface area contributed by atoms with Crippen molar-refractivity contribution in [2.24, 2.45) is 5.92 Å². The molecule has 29 heavy (non-hydrogen) atoms. The van der Waals surface area contributed by atoms with Gasteiger partial charge in [0.15, 0.2) is 0 Å². The van der Waals surface area contributed by atoms with Crippen LogP contribution in [0.2, 0.25) is 0 Å². The summed E-state index contributed by atoms with van der Waals surface area (Å²) >= 11 is 0. The van der Waals surface area contributed by atoms with Gasteiger partial charge in [-0.05, 0) is 42.5 Å². The maximum absolute atomic E-state index is 12.6. The highest BCUT2D eigenvalue weighted by atomic mass is 32.2. The van der Waals surface area contributed by atoms with Crippen LogP contribution in [0.1, 0.15) is 18.4 Å². The van der Waals surface area contributed by atoms with E-state index in [1.165, 1.54) is 10.8 Å². The summed E-state index contributed by atoms with van der Waals surface area (Å²) in [5, 5.41) is 2.89. The lowest BCUT2D eigenvalue weighted by atomic mass is 9.99. The van der Waals surface area contributed by atoms with Crippen LogP contribution < -0.4 is 15.7 Å². The molecule has 0 unspecified atom stereocenters. The summed E-state index contributed by atoms with van der Waals surface area (Å²) in [6.45, 7) is 1.82. The number of likely N-dealkylation sites (tertiary alicyclic amines) is 1. The number of carbonyl (C=O) groups excluding carboxylic acids is 1. The summed E-state index contributed by atoms with van der Waals surface area (Å²) in [6, 6.07) is 8.79. The molecule has 0 bridgehead atoms. The number of aromatic nitrogens is 2. The average molecular weight is 420 g/mol. The van der Waals surface area contributed by atoms with Crippen LogP contribution >= 0.6 is 0 Å². The van der Waals surface area contributed by atoms with Gasteiger partial charge in [0.2, 0.25) is 10.0 Å². The molecule has 0 saturated carbocycles. The summed E-state index contributed by atoms with van der Waals surface area (Å²) in [5.74, 6) is 0.0908. The van der Waals surface area contributed by atoms with E-state index in [0.717, 1.165) is 24.7 Å². The molecule has 0 aliphatic carbocycles. The number of urea groups is 1. The Hall–Kier alpha value is -2.72. The Balaban J connectivity index is 1.60. The predicted octanol–water partition coefficient (Wildman–Crippen LogP) is 1.08. The van der Waals surface area contributed by atoms with Gasteiger partial charge in [0.1, 0.15) is 0 Å². The van der Waals surface area contributed by atoms with E-state index < -0.39 is 10.0 Å². The molecule has 1 aromatic carbocycles. The summed E-state index contributed by atoms with van der Waals surface area (Å²) in [5.41, 5.74) is 1.18. The van der Waals surface area contributed by atoms with E-state index in [4.69, 9.17) is 0 Å². The maximum atomic E-state index is 12.6. The van der Waals surface area contributed by atoms with Crippen molar-refractivity contribution in [3.8, 4) is 0 Å². The first-order valence-corrected chi connectivity index (χ1v) is 11.3. The Morgan fingerprint density at radius 3 is 2.90 bits per heavy atom. The lowest BCUT2D eigenvalue weighted by Gasteiger charge is -2.32. The van der Waals surface area contributed by atoms with Crippen molar-refractivity contribution < 1.29 is 13.2 Å². The third-order valence-electron chi connectivity index (χ3n) is 4.75. The number of rotatable bonds is 6. The minimum atomic E-state index is -3.24. The van der Waals surface area contributed by atoms with Crippen LogP contribution in [0.5, 0.6) is 0 Å². The van der Waals surface area contributed by atoms with E-state index in [1.54, 1.807) is 23.2 Å².